The first-order valence-electron chi connectivity index (χ1n) is 6.69. The Morgan fingerprint density at radius 3 is 2.17 bits per heavy atom. The number of carboxylic acids is 1. The van der Waals surface area contributed by atoms with Gasteiger partial charge < -0.3 is 9.90 Å². The number of carbonyl (C=O) groups is 1. The molecule has 0 aliphatic carbocycles. The molecule has 0 amide bonds. The second-order valence-electron chi connectivity index (χ2n) is 4.52. The first-order valence-corrected chi connectivity index (χ1v) is 6.69. The predicted molar refractivity (Wildman–Crippen MR) is 70.8 cm³/mol. The van der Waals surface area contributed by atoms with E-state index in [1.165, 1.54) is 44.2 Å². The number of aromatic nitrogens is 1. The lowest BCUT2D eigenvalue weighted by molar-refractivity contribution is -0.697. The van der Waals surface area contributed by atoms with Crippen LogP contribution in [0.25, 0.3) is 0 Å². The maximum absolute atomic E-state index is 8.89. The number of nitrogens with zero attached hydrogens (tertiary/aromatic N) is 1. The Balaban J connectivity index is 0.000000631. The smallest absolute Gasteiger partial charge is 0.169 e. The van der Waals surface area contributed by atoms with Crippen LogP contribution < -0.4 is 9.67 Å². The standard InChI is InChI=1S/C13H22N.C2H4O2/c1-3-4-5-6-7-10-14-11-8-13(2)9-12-14;1-2(3)4/h8-9,11-12H,3-7,10H2,1-2H3;1H3,(H,3,4)/q+1;/p-1. The molecule has 1 aromatic heterocycles. The Kier molecular flexibility index (Phi) is 9.93. The molecule has 18 heavy (non-hydrogen) atoms. The largest absolute Gasteiger partial charge is 0.550 e. The molecule has 3 nitrogen and oxygen atoms in total. The number of rotatable bonds is 6. The second-order valence-corrected chi connectivity index (χ2v) is 4.52. The normalized spacial score (nSPS) is 9.50. The van der Waals surface area contributed by atoms with E-state index in [9.17, 15) is 0 Å². The number of carbonyl (C=O) groups excluding carboxylic acids is 1. The van der Waals surface area contributed by atoms with Crippen LogP contribution in [0.5, 0.6) is 0 Å². The Labute approximate surface area is 110 Å². The first-order chi connectivity index (χ1) is 8.56. The van der Waals surface area contributed by atoms with Crippen LogP contribution in [0.3, 0.4) is 0 Å². The molecule has 102 valence electrons. The van der Waals surface area contributed by atoms with Crippen molar-refractivity contribution in [1.29, 1.82) is 0 Å². The van der Waals surface area contributed by atoms with Crippen LogP contribution in [0.2, 0.25) is 0 Å². The molecule has 1 heterocycles. The highest BCUT2D eigenvalue weighted by molar-refractivity contribution is 5.60. The van der Waals surface area contributed by atoms with Gasteiger partial charge in [-0.05, 0) is 25.8 Å². The molecular weight excluding hydrogens is 226 g/mol. The zero-order chi connectivity index (χ0) is 13.8. The van der Waals surface area contributed by atoms with Crippen LogP contribution in [-0.2, 0) is 11.3 Å². The van der Waals surface area contributed by atoms with Gasteiger partial charge in [0.15, 0.2) is 12.4 Å². The lowest BCUT2D eigenvalue weighted by Crippen LogP contribution is -2.32. The van der Waals surface area contributed by atoms with Crippen molar-refractivity contribution in [3.05, 3.63) is 30.1 Å². The van der Waals surface area contributed by atoms with Gasteiger partial charge in [-0.2, -0.15) is 0 Å². The van der Waals surface area contributed by atoms with Crippen molar-refractivity contribution in [1.82, 2.24) is 0 Å². The van der Waals surface area contributed by atoms with E-state index in [0.717, 1.165) is 6.92 Å². The molecule has 0 radical (unpaired) electrons. The number of aryl methyl sites for hydroxylation is 2. The van der Waals surface area contributed by atoms with Crippen LogP contribution in [-0.4, -0.2) is 5.97 Å². The molecule has 1 aromatic rings. The summed E-state index contributed by atoms with van der Waals surface area (Å²) in [7, 11) is 0. The number of aliphatic carboxylic acids is 1. The average Bonchev–Trinajstić information content (AvgIpc) is 2.30. The Morgan fingerprint density at radius 2 is 1.67 bits per heavy atom. The molecule has 0 N–H and O–H groups in total. The van der Waals surface area contributed by atoms with Crippen molar-refractivity contribution in [2.75, 3.05) is 0 Å². The number of pyridine rings is 1. The van der Waals surface area contributed by atoms with Crippen molar-refractivity contribution >= 4 is 5.97 Å². The van der Waals surface area contributed by atoms with E-state index in [2.05, 4.69) is 42.9 Å². The van der Waals surface area contributed by atoms with Gasteiger partial charge in [0.1, 0.15) is 6.54 Å². The summed E-state index contributed by atoms with van der Waals surface area (Å²) in [5.74, 6) is -1.08. The van der Waals surface area contributed by atoms with Crippen molar-refractivity contribution in [2.45, 2.75) is 59.4 Å². The maximum Gasteiger partial charge on any atom is 0.169 e. The third-order valence-corrected chi connectivity index (χ3v) is 2.58. The summed E-state index contributed by atoms with van der Waals surface area (Å²) in [6, 6.07) is 4.35. The van der Waals surface area contributed by atoms with Gasteiger partial charge in [0.25, 0.3) is 0 Å². The second kappa shape index (κ2) is 10.8. The molecule has 0 unspecified atom stereocenters. The summed E-state index contributed by atoms with van der Waals surface area (Å²) in [4.78, 5) is 8.89. The molecule has 0 aliphatic rings. The number of hydrogen-bond donors (Lipinski definition) is 0. The third kappa shape index (κ3) is 11.1. The van der Waals surface area contributed by atoms with Gasteiger partial charge in [-0.3, -0.25) is 0 Å². The van der Waals surface area contributed by atoms with Crippen molar-refractivity contribution in [3.8, 4) is 0 Å². The van der Waals surface area contributed by atoms with Gasteiger partial charge in [-0.25, -0.2) is 4.57 Å². The van der Waals surface area contributed by atoms with Crippen molar-refractivity contribution < 1.29 is 14.5 Å². The van der Waals surface area contributed by atoms with E-state index >= 15 is 0 Å². The van der Waals surface area contributed by atoms with E-state index < -0.39 is 5.97 Å². The highest BCUT2D eigenvalue weighted by Gasteiger charge is 1.98. The summed E-state index contributed by atoms with van der Waals surface area (Å²) < 4.78 is 2.28. The minimum absolute atomic E-state index is 0.972. The fourth-order valence-electron chi connectivity index (χ4n) is 1.58. The van der Waals surface area contributed by atoms with Gasteiger partial charge in [-0.15, -0.1) is 0 Å². The Morgan fingerprint density at radius 1 is 1.17 bits per heavy atom. The van der Waals surface area contributed by atoms with Gasteiger partial charge in [0.05, 0.1) is 0 Å². The topological polar surface area (TPSA) is 44.0 Å². The predicted octanol–water partition coefficient (Wildman–Crippen LogP) is 2.01. The molecule has 0 bridgehead atoms. The van der Waals surface area contributed by atoms with Crippen molar-refractivity contribution in [3.63, 3.8) is 0 Å². The highest BCUT2D eigenvalue weighted by Crippen LogP contribution is 2.02. The zero-order valence-corrected chi connectivity index (χ0v) is 11.8. The number of hydrogen-bond acceptors (Lipinski definition) is 2. The SMILES string of the molecule is CC(=O)[O-].CCCCCCC[n+]1ccc(C)cc1. The minimum atomic E-state index is -1.08. The van der Waals surface area contributed by atoms with Gasteiger partial charge >= 0.3 is 0 Å². The fraction of sp³-hybridized carbons (Fsp3) is 0.600. The van der Waals surface area contributed by atoms with E-state index in [0.29, 0.717) is 0 Å². The minimum Gasteiger partial charge on any atom is -0.550 e. The molecule has 0 spiro atoms. The third-order valence-electron chi connectivity index (χ3n) is 2.58. The number of carboxylic acid groups (broad SMARTS) is 1. The van der Waals surface area contributed by atoms with Crippen LogP contribution in [0.4, 0.5) is 0 Å². The average molecular weight is 251 g/mol. The molecule has 0 saturated carbocycles. The highest BCUT2D eigenvalue weighted by atomic mass is 16.4. The monoisotopic (exact) mass is 251 g/mol. The number of unbranched alkanes of at least 4 members (excludes halogenated alkanes) is 4. The van der Waals surface area contributed by atoms with Crippen LogP contribution in [0.15, 0.2) is 24.5 Å². The van der Waals surface area contributed by atoms with Crippen LogP contribution in [0, 0.1) is 6.92 Å². The Hall–Kier alpha value is -1.38. The van der Waals surface area contributed by atoms with Gasteiger partial charge in [0, 0.05) is 24.5 Å². The lowest BCUT2D eigenvalue weighted by atomic mass is 10.1. The molecule has 0 fully saturated rings. The molecule has 0 saturated heterocycles. The van der Waals surface area contributed by atoms with Gasteiger partial charge in [-0.1, -0.05) is 26.2 Å². The van der Waals surface area contributed by atoms with Crippen molar-refractivity contribution in [2.24, 2.45) is 0 Å². The summed E-state index contributed by atoms with van der Waals surface area (Å²) in [5.41, 5.74) is 1.34. The molecule has 0 aromatic carbocycles. The maximum atomic E-state index is 8.89. The van der Waals surface area contributed by atoms with E-state index in [4.69, 9.17) is 9.90 Å². The molecule has 3 heteroatoms. The molecule has 0 aliphatic heterocycles. The Bertz CT molecular complexity index is 316. The van der Waals surface area contributed by atoms with Gasteiger partial charge in [0.2, 0.25) is 0 Å². The fourth-order valence-corrected chi connectivity index (χ4v) is 1.58. The van der Waals surface area contributed by atoms with Crippen LogP contribution >= 0.6 is 0 Å². The van der Waals surface area contributed by atoms with E-state index in [1.807, 2.05) is 0 Å². The lowest BCUT2D eigenvalue weighted by Gasteiger charge is -1.98. The summed E-state index contributed by atoms with van der Waals surface area (Å²) in [5, 5.41) is 8.89. The molecular formula is C15H25NO2. The summed E-state index contributed by atoms with van der Waals surface area (Å²) in [6.07, 6.45) is 11.1. The summed E-state index contributed by atoms with van der Waals surface area (Å²) in [6.45, 7) is 6.53. The first kappa shape index (κ1) is 16.6. The van der Waals surface area contributed by atoms with E-state index in [1.54, 1.807) is 0 Å². The van der Waals surface area contributed by atoms with Crippen LogP contribution in [0.1, 0.15) is 51.5 Å². The zero-order valence-electron chi connectivity index (χ0n) is 11.8. The quantitative estimate of drug-likeness (QED) is 0.573. The molecule has 1 rings (SSSR count). The summed E-state index contributed by atoms with van der Waals surface area (Å²) >= 11 is 0. The molecule has 0 atom stereocenters. The van der Waals surface area contributed by atoms with E-state index in [-0.39, 0.29) is 0 Å².